The predicted octanol–water partition coefficient (Wildman–Crippen LogP) is 4.90. The van der Waals surface area contributed by atoms with E-state index >= 15 is 0 Å². The van der Waals surface area contributed by atoms with Crippen molar-refractivity contribution in [2.24, 2.45) is 0 Å². The van der Waals surface area contributed by atoms with Crippen molar-refractivity contribution in [3.05, 3.63) is 75.0 Å². The molecule has 0 saturated carbocycles. The van der Waals surface area contributed by atoms with Crippen LogP contribution in [0.25, 0.3) is 0 Å². The Kier molecular flexibility index (Phi) is 6.18. The monoisotopic (exact) mass is 490 g/mol. The zero-order valence-corrected chi connectivity index (χ0v) is 19.0. The number of amides is 1. The fourth-order valence-electron chi connectivity index (χ4n) is 3.45. The zero-order valence-electron chi connectivity index (χ0n) is 15.9. The Morgan fingerprint density at radius 1 is 1.21 bits per heavy atom. The Morgan fingerprint density at radius 3 is 2.69 bits per heavy atom. The highest BCUT2D eigenvalue weighted by Crippen LogP contribution is 2.25. The summed E-state index contributed by atoms with van der Waals surface area (Å²) in [6, 6.07) is 15.4. The van der Waals surface area contributed by atoms with Gasteiger partial charge < -0.3 is 9.80 Å². The van der Waals surface area contributed by atoms with Gasteiger partial charge in [0.1, 0.15) is 5.82 Å². The second-order valence-electron chi connectivity index (χ2n) is 7.07. The third kappa shape index (κ3) is 4.63. The Labute approximate surface area is 187 Å². The van der Waals surface area contributed by atoms with E-state index in [4.69, 9.17) is 16.6 Å². The second-order valence-corrected chi connectivity index (χ2v) is 9.09. The Morgan fingerprint density at radius 2 is 1.97 bits per heavy atom. The van der Waals surface area contributed by atoms with E-state index < -0.39 is 0 Å². The molecule has 2 aromatic carbocycles. The highest BCUT2D eigenvalue weighted by Gasteiger charge is 2.30. The third-order valence-corrected chi connectivity index (χ3v) is 6.75. The van der Waals surface area contributed by atoms with Crippen molar-refractivity contribution in [2.75, 3.05) is 24.5 Å². The zero-order chi connectivity index (χ0) is 20.4. The van der Waals surface area contributed by atoms with Crippen LogP contribution in [0.2, 0.25) is 5.02 Å². The summed E-state index contributed by atoms with van der Waals surface area (Å²) in [4.78, 5) is 21.8. The van der Waals surface area contributed by atoms with E-state index in [2.05, 4.69) is 32.1 Å². The lowest BCUT2D eigenvalue weighted by Crippen LogP contribution is -2.54. The second kappa shape index (κ2) is 8.81. The quantitative estimate of drug-likeness (QED) is 0.521. The van der Waals surface area contributed by atoms with Crippen molar-refractivity contribution in [1.29, 1.82) is 0 Å². The number of carbonyl (C=O) groups excluding carboxylic acids is 1. The molecule has 0 aliphatic carbocycles. The van der Waals surface area contributed by atoms with E-state index in [0.717, 1.165) is 39.1 Å². The molecule has 3 aromatic rings. The topological polar surface area (TPSA) is 49.3 Å². The van der Waals surface area contributed by atoms with Crippen molar-refractivity contribution in [2.45, 2.75) is 19.4 Å². The van der Waals surface area contributed by atoms with Gasteiger partial charge in [-0.05, 0) is 52.7 Å². The van der Waals surface area contributed by atoms with E-state index in [9.17, 15) is 4.79 Å². The molecule has 1 aliphatic heterocycles. The summed E-state index contributed by atoms with van der Waals surface area (Å²) in [7, 11) is 0. The van der Waals surface area contributed by atoms with Gasteiger partial charge in [-0.15, -0.1) is 0 Å². The molecular weight excluding hydrogens is 472 g/mol. The summed E-state index contributed by atoms with van der Waals surface area (Å²) in [5.74, 6) is 0.872. The van der Waals surface area contributed by atoms with Crippen LogP contribution >= 0.6 is 39.1 Å². The van der Waals surface area contributed by atoms with Gasteiger partial charge in [0.25, 0.3) is 5.91 Å². The number of hydrogen-bond acceptors (Lipinski definition) is 5. The summed E-state index contributed by atoms with van der Waals surface area (Å²) >= 11 is 10.9. The van der Waals surface area contributed by atoms with Crippen LogP contribution in [0.15, 0.2) is 53.0 Å². The fourth-order valence-corrected chi connectivity index (χ4v) is 4.75. The maximum Gasteiger partial charge on any atom is 0.255 e. The highest BCUT2D eigenvalue weighted by atomic mass is 79.9. The standard InChI is InChI=1S/C21H20BrClN4OS/c1-14-13-26(10-11-27(14)20(28)17-4-2-3-5-18(17)22)21-24-19(25-29-21)12-15-6-8-16(23)9-7-15/h2-9,14H,10-13H2,1H3. The number of aromatic nitrogens is 2. The van der Waals surface area contributed by atoms with Crippen LogP contribution < -0.4 is 4.90 Å². The molecule has 150 valence electrons. The number of anilines is 1. The van der Waals surface area contributed by atoms with Crippen LogP contribution in [-0.4, -0.2) is 45.8 Å². The number of benzene rings is 2. The minimum atomic E-state index is 0.0605. The minimum absolute atomic E-state index is 0.0605. The van der Waals surface area contributed by atoms with Crippen LogP contribution in [0, 0.1) is 0 Å². The van der Waals surface area contributed by atoms with Gasteiger partial charge >= 0.3 is 0 Å². The fraction of sp³-hybridized carbons (Fsp3) is 0.286. The number of rotatable bonds is 4. The number of hydrogen-bond donors (Lipinski definition) is 0. The largest absolute Gasteiger partial charge is 0.343 e. The molecule has 2 heterocycles. The molecule has 1 aromatic heterocycles. The maximum absolute atomic E-state index is 12.9. The molecule has 1 fully saturated rings. The molecule has 8 heteroatoms. The third-order valence-electron chi connectivity index (χ3n) is 5.00. The normalized spacial score (nSPS) is 16.9. The molecule has 5 nitrogen and oxygen atoms in total. The van der Waals surface area contributed by atoms with Gasteiger partial charge in [0.15, 0.2) is 0 Å². The first-order valence-electron chi connectivity index (χ1n) is 9.39. The first-order chi connectivity index (χ1) is 14.0. The molecule has 1 aliphatic rings. The van der Waals surface area contributed by atoms with Crippen LogP contribution in [0.3, 0.4) is 0 Å². The molecule has 0 spiro atoms. The van der Waals surface area contributed by atoms with Crippen LogP contribution in [0.5, 0.6) is 0 Å². The van der Waals surface area contributed by atoms with Gasteiger partial charge in [0.2, 0.25) is 5.13 Å². The van der Waals surface area contributed by atoms with Gasteiger partial charge in [-0.1, -0.05) is 35.9 Å². The summed E-state index contributed by atoms with van der Waals surface area (Å²) in [5, 5.41) is 1.64. The summed E-state index contributed by atoms with van der Waals surface area (Å²) < 4.78 is 5.35. The number of carbonyl (C=O) groups is 1. The highest BCUT2D eigenvalue weighted by molar-refractivity contribution is 9.10. The molecule has 4 rings (SSSR count). The van der Waals surface area contributed by atoms with Crippen molar-refractivity contribution >= 4 is 50.1 Å². The molecule has 0 radical (unpaired) electrons. The summed E-state index contributed by atoms with van der Waals surface area (Å²) in [5.41, 5.74) is 1.84. The first-order valence-corrected chi connectivity index (χ1v) is 11.3. The lowest BCUT2D eigenvalue weighted by molar-refractivity contribution is 0.0673. The average Bonchev–Trinajstić information content (AvgIpc) is 3.18. The predicted molar refractivity (Wildman–Crippen MR) is 121 cm³/mol. The van der Waals surface area contributed by atoms with E-state index in [1.165, 1.54) is 11.5 Å². The number of nitrogens with zero attached hydrogens (tertiary/aromatic N) is 4. The number of piperazine rings is 1. The average molecular weight is 492 g/mol. The molecule has 1 atom stereocenters. The van der Waals surface area contributed by atoms with Gasteiger partial charge in [0, 0.05) is 53.1 Å². The lowest BCUT2D eigenvalue weighted by Gasteiger charge is -2.39. The molecule has 0 bridgehead atoms. The minimum Gasteiger partial charge on any atom is -0.343 e. The molecular formula is C21H20BrClN4OS. The number of halogens is 2. The Bertz CT molecular complexity index is 1010. The summed E-state index contributed by atoms with van der Waals surface area (Å²) in [6.45, 7) is 4.23. The first kappa shape index (κ1) is 20.3. The molecule has 1 saturated heterocycles. The Balaban J connectivity index is 1.41. The SMILES string of the molecule is CC1CN(c2nc(Cc3ccc(Cl)cc3)ns2)CCN1C(=O)c1ccccc1Br. The lowest BCUT2D eigenvalue weighted by atomic mass is 10.1. The van der Waals surface area contributed by atoms with Crippen molar-refractivity contribution in [3.63, 3.8) is 0 Å². The van der Waals surface area contributed by atoms with E-state index in [1.54, 1.807) is 0 Å². The van der Waals surface area contributed by atoms with E-state index in [-0.39, 0.29) is 11.9 Å². The maximum atomic E-state index is 12.9. The Hall–Kier alpha value is -1.96. The van der Waals surface area contributed by atoms with Crippen LogP contribution in [-0.2, 0) is 6.42 Å². The molecule has 1 unspecified atom stereocenters. The molecule has 0 N–H and O–H groups in total. The van der Waals surface area contributed by atoms with E-state index in [1.807, 2.05) is 53.4 Å². The van der Waals surface area contributed by atoms with Gasteiger partial charge in [-0.2, -0.15) is 4.37 Å². The van der Waals surface area contributed by atoms with Gasteiger partial charge in [0.05, 0.1) is 5.56 Å². The van der Waals surface area contributed by atoms with Gasteiger partial charge in [-0.25, -0.2) is 4.98 Å². The van der Waals surface area contributed by atoms with Gasteiger partial charge in [-0.3, -0.25) is 4.79 Å². The van der Waals surface area contributed by atoms with Crippen molar-refractivity contribution in [3.8, 4) is 0 Å². The summed E-state index contributed by atoms with van der Waals surface area (Å²) in [6.07, 6.45) is 0.684. The van der Waals surface area contributed by atoms with Crippen molar-refractivity contribution in [1.82, 2.24) is 14.3 Å². The van der Waals surface area contributed by atoms with Crippen LogP contribution in [0.1, 0.15) is 28.7 Å². The van der Waals surface area contributed by atoms with E-state index in [0.29, 0.717) is 18.5 Å². The van der Waals surface area contributed by atoms with Crippen molar-refractivity contribution < 1.29 is 4.79 Å². The molecule has 29 heavy (non-hydrogen) atoms. The smallest absolute Gasteiger partial charge is 0.255 e. The molecule has 1 amide bonds. The van der Waals surface area contributed by atoms with Crippen LogP contribution in [0.4, 0.5) is 5.13 Å².